The fourth-order valence-corrected chi connectivity index (χ4v) is 6.32. The van der Waals surface area contributed by atoms with Crippen LogP contribution < -0.4 is 4.90 Å². The van der Waals surface area contributed by atoms with E-state index in [4.69, 9.17) is 5.11 Å². The van der Waals surface area contributed by atoms with Gasteiger partial charge in [0.2, 0.25) is 11.8 Å². The molecule has 2 saturated carbocycles. The summed E-state index contributed by atoms with van der Waals surface area (Å²) in [5.74, 6) is -2.72. The molecule has 0 aromatic heterocycles. The fourth-order valence-electron chi connectivity index (χ4n) is 4.44. The third kappa shape index (κ3) is 1.95. The molecule has 2 amide bonds. The highest BCUT2D eigenvalue weighted by molar-refractivity contribution is 9.12. The minimum atomic E-state index is -1.27. The van der Waals surface area contributed by atoms with Gasteiger partial charge in [-0.25, -0.2) is 9.69 Å². The largest absolute Gasteiger partial charge is 0.507 e. The molecule has 1 saturated heterocycles. The van der Waals surface area contributed by atoms with Crippen LogP contribution in [0.5, 0.6) is 5.75 Å². The van der Waals surface area contributed by atoms with E-state index in [1.807, 2.05) is 0 Å². The molecule has 3 fully saturated rings. The van der Waals surface area contributed by atoms with Gasteiger partial charge in [-0.1, -0.05) is 31.9 Å². The Bertz CT molecular complexity index is 750. The second-order valence-electron chi connectivity index (χ2n) is 6.52. The van der Waals surface area contributed by atoms with E-state index in [0.717, 1.165) is 11.3 Å². The summed E-state index contributed by atoms with van der Waals surface area (Å²) in [6.07, 6.45) is 0.843. The number of aromatic carboxylic acids is 1. The Balaban J connectivity index is 1.72. The van der Waals surface area contributed by atoms with Crippen LogP contribution in [-0.4, -0.2) is 37.7 Å². The lowest BCUT2D eigenvalue weighted by Crippen LogP contribution is -2.37. The van der Waals surface area contributed by atoms with Crippen molar-refractivity contribution in [3.63, 3.8) is 0 Å². The van der Waals surface area contributed by atoms with Crippen LogP contribution in [0.2, 0.25) is 0 Å². The molecule has 8 heteroatoms. The van der Waals surface area contributed by atoms with Crippen LogP contribution in [0.3, 0.4) is 0 Å². The molecule has 0 radical (unpaired) electrons. The topological polar surface area (TPSA) is 94.9 Å². The Labute approximate surface area is 154 Å². The molecule has 2 N–H and O–H groups in total. The highest BCUT2D eigenvalue weighted by atomic mass is 79.9. The monoisotopic (exact) mass is 457 g/mol. The highest BCUT2D eigenvalue weighted by Crippen LogP contribution is 2.60. The predicted molar refractivity (Wildman–Crippen MR) is 91.6 cm³/mol. The van der Waals surface area contributed by atoms with Gasteiger partial charge in [-0.05, 0) is 30.4 Å². The van der Waals surface area contributed by atoms with Crippen molar-refractivity contribution in [2.24, 2.45) is 23.7 Å². The lowest BCUT2D eigenvalue weighted by Gasteiger charge is -2.28. The van der Waals surface area contributed by atoms with Gasteiger partial charge >= 0.3 is 5.97 Å². The molecule has 0 unspecified atom stereocenters. The fraction of sp³-hybridized carbons (Fsp3) is 0.438. The molecular formula is C16H13Br2NO5. The number of halogens is 2. The highest BCUT2D eigenvalue weighted by Gasteiger charge is 2.66. The Morgan fingerprint density at radius 2 is 1.62 bits per heavy atom. The number of carboxylic acids is 1. The van der Waals surface area contributed by atoms with Gasteiger partial charge in [-0.15, -0.1) is 0 Å². The van der Waals surface area contributed by atoms with Crippen molar-refractivity contribution in [3.8, 4) is 5.75 Å². The predicted octanol–water partition coefficient (Wildman–Crippen LogP) is 2.37. The van der Waals surface area contributed by atoms with E-state index in [1.54, 1.807) is 0 Å². The van der Waals surface area contributed by atoms with Gasteiger partial charge in [0.05, 0.1) is 17.5 Å². The number of carbonyl (C=O) groups is 3. The van der Waals surface area contributed by atoms with Gasteiger partial charge in [0.25, 0.3) is 0 Å². The van der Waals surface area contributed by atoms with Gasteiger partial charge in [0.1, 0.15) is 11.3 Å². The van der Waals surface area contributed by atoms with Crippen LogP contribution in [0.4, 0.5) is 5.69 Å². The second-order valence-corrected chi connectivity index (χ2v) is 8.64. The second kappa shape index (κ2) is 5.29. The van der Waals surface area contributed by atoms with Crippen LogP contribution in [0.15, 0.2) is 18.2 Å². The van der Waals surface area contributed by atoms with Gasteiger partial charge in [-0.3, -0.25) is 9.59 Å². The van der Waals surface area contributed by atoms with E-state index in [2.05, 4.69) is 31.9 Å². The number of amides is 2. The summed E-state index contributed by atoms with van der Waals surface area (Å²) in [6, 6.07) is 3.76. The maximum Gasteiger partial charge on any atom is 0.339 e. The van der Waals surface area contributed by atoms with Crippen molar-refractivity contribution in [2.75, 3.05) is 4.90 Å². The number of imide groups is 1. The number of carboxylic acid groups (broad SMARTS) is 1. The van der Waals surface area contributed by atoms with E-state index < -0.39 is 11.7 Å². The Kier molecular flexibility index (Phi) is 3.55. The number of alkyl halides is 2. The summed E-state index contributed by atoms with van der Waals surface area (Å²) < 4.78 is 0. The number of anilines is 1. The van der Waals surface area contributed by atoms with E-state index in [9.17, 15) is 19.5 Å². The lowest BCUT2D eigenvalue weighted by atomic mass is 9.81. The van der Waals surface area contributed by atoms with E-state index in [1.165, 1.54) is 18.2 Å². The van der Waals surface area contributed by atoms with E-state index >= 15 is 0 Å². The van der Waals surface area contributed by atoms with Gasteiger partial charge in [0, 0.05) is 15.7 Å². The summed E-state index contributed by atoms with van der Waals surface area (Å²) in [5.41, 5.74) is -0.0438. The molecule has 1 aliphatic heterocycles. The van der Waals surface area contributed by atoms with Crippen LogP contribution in [0.1, 0.15) is 16.8 Å². The molecule has 24 heavy (non-hydrogen) atoms. The number of hydrogen-bond donors (Lipinski definition) is 2. The molecule has 4 rings (SSSR count). The summed E-state index contributed by atoms with van der Waals surface area (Å²) in [4.78, 5) is 38.1. The zero-order chi connectivity index (χ0) is 17.3. The summed E-state index contributed by atoms with van der Waals surface area (Å²) in [5, 5.41) is 18.8. The zero-order valence-electron chi connectivity index (χ0n) is 12.2. The minimum Gasteiger partial charge on any atom is -0.507 e. The Morgan fingerprint density at radius 1 is 1.08 bits per heavy atom. The maximum atomic E-state index is 12.8. The summed E-state index contributed by atoms with van der Waals surface area (Å²) in [7, 11) is 0. The minimum absolute atomic E-state index is 0.109. The summed E-state index contributed by atoms with van der Waals surface area (Å²) >= 11 is 7.25. The van der Waals surface area contributed by atoms with E-state index in [-0.39, 0.29) is 56.4 Å². The average molecular weight is 459 g/mol. The van der Waals surface area contributed by atoms with Crippen LogP contribution in [0.25, 0.3) is 0 Å². The van der Waals surface area contributed by atoms with Crippen LogP contribution in [-0.2, 0) is 9.59 Å². The third-order valence-electron chi connectivity index (χ3n) is 5.46. The average Bonchev–Trinajstić information content (AvgIpc) is 3.12. The van der Waals surface area contributed by atoms with Crippen molar-refractivity contribution in [1.82, 2.24) is 0 Å². The quantitative estimate of drug-likeness (QED) is 0.524. The number of nitrogens with zero attached hydrogens (tertiary/aromatic N) is 1. The van der Waals surface area contributed by atoms with Gasteiger partial charge < -0.3 is 10.2 Å². The first-order valence-electron chi connectivity index (χ1n) is 7.55. The van der Waals surface area contributed by atoms with Crippen molar-refractivity contribution in [3.05, 3.63) is 23.8 Å². The number of rotatable bonds is 2. The molecule has 1 aromatic rings. The van der Waals surface area contributed by atoms with Crippen LogP contribution >= 0.6 is 31.9 Å². The zero-order valence-corrected chi connectivity index (χ0v) is 15.4. The molecule has 2 aliphatic carbocycles. The number of benzene rings is 1. The molecule has 6 atom stereocenters. The van der Waals surface area contributed by atoms with Crippen molar-refractivity contribution in [2.45, 2.75) is 16.1 Å². The van der Waals surface area contributed by atoms with Crippen molar-refractivity contribution < 1.29 is 24.6 Å². The molecule has 3 aliphatic rings. The molecule has 2 bridgehead atoms. The first kappa shape index (κ1) is 16.1. The van der Waals surface area contributed by atoms with Crippen molar-refractivity contribution in [1.29, 1.82) is 0 Å². The van der Waals surface area contributed by atoms with Crippen LogP contribution in [0, 0.1) is 23.7 Å². The first-order chi connectivity index (χ1) is 11.3. The van der Waals surface area contributed by atoms with Crippen molar-refractivity contribution >= 4 is 55.3 Å². The molecule has 1 heterocycles. The number of hydrogen-bond acceptors (Lipinski definition) is 4. The Hall–Kier alpha value is -1.41. The number of carbonyl (C=O) groups excluding carboxylic acids is 2. The number of fused-ring (bicyclic) bond motifs is 5. The first-order valence-corrected chi connectivity index (χ1v) is 9.38. The lowest BCUT2D eigenvalue weighted by molar-refractivity contribution is -0.123. The van der Waals surface area contributed by atoms with Gasteiger partial charge in [-0.2, -0.15) is 0 Å². The summed E-state index contributed by atoms with van der Waals surface area (Å²) in [6.45, 7) is 0. The van der Waals surface area contributed by atoms with Gasteiger partial charge in [0.15, 0.2) is 0 Å². The SMILES string of the molecule is O=C(O)c1ccc(N2C(=O)[C@@H]3[C@H]4C[C@@H]([C@H](Br)[C@H]4Br)[C@@H]3C2=O)cc1O. The molecule has 6 nitrogen and oxygen atoms in total. The molecule has 1 aromatic carbocycles. The smallest absolute Gasteiger partial charge is 0.339 e. The molecular weight excluding hydrogens is 446 g/mol. The Morgan fingerprint density at radius 3 is 2.08 bits per heavy atom. The van der Waals surface area contributed by atoms with E-state index in [0.29, 0.717) is 0 Å². The normalized spacial score (nSPS) is 37.2. The molecule has 0 spiro atoms. The third-order valence-corrected chi connectivity index (χ3v) is 8.66. The number of aromatic hydroxyl groups is 1. The molecule has 126 valence electrons. The standard InChI is InChI=1S/C16H13Br2NO5/c17-12-7-4-8(13(12)18)11-10(7)14(21)19(15(11)22)5-1-2-6(16(23)24)9(20)3-5/h1-3,7-8,10-13,20H,4H2,(H,23,24)/t7-,8-,10-,11+,12+,13+/m1/s1. The number of phenols is 1. The maximum absolute atomic E-state index is 12.8.